The molecule has 0 amide bonds. The molecule has 0 aliphatic heterocycles. The van der Waals surface area contributed by atoms with E-state index in [1.165, 1.54) is 20.5 Å². The highest BCUT2D eigenvalue weighted by atomic mass is 79.9. The normalized spacial score (nSPS) is 12.8. The van der Waals surface area contributed by atoms with E-state index in [9.17, 15) is 0 Å². The molecule has 4 heteroatoms. The minimum Gasteiger partial charge on any atom is -0.121 e. The van der Waals surface area contributed by atoms with Crippen molar-refractivity contribution in [3.63, 3.8) is 0 Å². The number of rotatable bonds is 2. The van der Waals surface area contributed by atoms with Crippen molar-refractivity contribution in [2.24, 2.45) is 0 Å². The molecule has 1 aromatic heterocycles. The largest absolute Gasteiger partial charge is 0.121 e. The molecule has 0 aliphatic rings. The Kier molecular flexibility index (Phi) is 4.27. The number of halogens is 3. The van der Waals surface area contributed by atoms with E-state index in [0.717, 1.165) is 3.79 Å². The summed E-state index contributed by atoms with van der Waals surface area (Å²) < 4.78 is 2.31. The van der Waals surface area contributed by atoms with Gasteiger partial charge in [-0.05, 0) is 56.0 Å². The van der Waals surface area contributed by atoms with E-state index < -0.39 is 0 Å². The van der Waals surface area contributed by atoms with Crippen molar-refractivity contribution in [3.05, 3.63) is 54.6 Å². The van der Waals surface area contributed by atoms with E-state index in [1.807, 2.05) is 0 Å². The number of benzene rings is 1. The SMILES string of the molecule is Cc1ccc(C(Br)c2cc(Br)sc2Br)cc1. The Labute approximate surface area is 124 Å². The molecule has 1 heterocycles. The Morgan fingerprint density at radius 3 is 2.25 bits per heavy atom. The topological polar surface area (TPSA) is 0 Å². The molecule has 0 radical (unpaired) electrons. The number of thiophene rings is 1. The smallest absolute Gasteiger partial charge is 0.0757 e. The monoisotopic (exact) mass is 422 g/mol. The molecule has 84 valence electrons. The molecule has 2 rings (SSSR count). The molecule has 0 bridgehead atoms. The van der Waals surface area contributed by atoms with Crippen LogP contribution in [0.2, 0.25) is 0 Å². The molecule has 0 fully saturated rings. The minimum absolute atomic E-state index is 0.241. The average Bonchev–Trinajstić information content (AvgIpc) is 2.58. The van der Waals surface area contributed by atoms with Crippen molar-refractivity contribution in [2.75, 3.05) is 0 Å². The fourth-order valence-electron chi connectivity index (χ4n) is 1.44. The number of alkyl halides is 1. The molecule has 0 N–H and O–H groups in total. The lowest BCUT2D eigenvalue weighted by molar-refractivity contribution is 1.18. The van der Waals surface area contributed by atoms with Crippen LogP contribution in [0, 0.1) is 6.92 Å². The highest BCUT2D eigenvalue weighted by Gasteiger charge is 2.15. The first-order valence-corrected chi connectivity index (χ1v) is 8.05. The molecule has 1 unspecified atom stereocenters. The second kappa shape index (κ2) is 5.34. The predicted octanol–water partition coefficient (Wildman–Crippen LogP) is 6.07. The van der Waals surface area contributed by atoms with Gasteiger partial charge in [0, 0.05) is 0 Å². The third-order valence-electron chi connectivity index (χ3n) is 2.33. The van der Waals surface area contributed by atoms with Gasteiger partial charge < -0.3 is 0 Å². The van der Waals surface area contributed by atoms with Gasteiger partial charge in [-0.1, -0.05) is 45.8 Å². The molecule has 1 aromatic carbocycles. The maximum Gasteiger partial charge on any atom is 0.0757 e. The van der Waals surface area contributed by atoms with Crippen molar-refractivity contribution in [2.45, 2.75) is 11.8 Å². The first-order valence-electron chi connectivity index (χ1n) is 4.73. The molecular formula is C12H9Br3S. The highest BCUT2D eigenvalue weighted by molar-refractivity contribution is 9.12. The first kappa shape index (κ1) is 12.8. The summed E-state index contributed by atoms with van der Waals surface area (Å²) in [5.41, 5.74) is 3.83. The van der Waals surface area contributed by atoms with Crippen LogP contribution in [-0.4, -0.2) is 0 Å². The van der Waals surface area contributed by atoms with Crippen molar-refractivity contribution >= 4 is 59.1 Å². The van der Waals surface area contributed by atoms with Crippen LogP contribution in [0.4, 0.5) is 0 Å². The fourth-order valence-corrected chi connectivity index (χ4v) is 5.47. The summed E-state index contributed by atoms with van der Waals surface area (Å²) in [6.45, 7) is 2.10. The Morgan fingerprint density at radius 1 is 1.12 bits per heavy atom. The van der Waals surface area contributed by atoms with Gasteiger partial charge in [-0.2, -0.15) is 0 Å². The number of hydrogen-bond donors (Lipinski definition) is 0. The summed E-state index contributed by atoms with van der Waals surface area (Å²) in [6.07, 6.45) is 0. The summed E-state index contributed by atoms with van der Waals surface area (Å²) >= 11 is 12.5. The lowest BCUT2D eigenvalue weighted by Gasteiger charge is -2.09. The number of aryl methyl sites for hydroxylation is 1. The van der Waals surface area contributed by atoms with E-state index in [1.54, 1.807) is 11.3 Å². The van der Waals surface area contributed by atoms with E-state index in [-0.39, 0.29) is 4.83 Å². The van der Waals surface area contributed by atoms with Crippen LogP contribution in [0.25, 0.3) is 0 Å². The molecule has 1 atom stereocenters. The molecule has 0 saturated heterocycles. The molecule has 16 heavy (non-hydrogen) atoms. The molecule has 0 nitrogen and oxygen atoms in total. The summed E-state index contributed by atoms with van der Waals surface area (Å²) in [7, 11) is 0. The van der Waals surface area contributed by atoms with Crippen LogP contribution in [-0.2, 0) is 0 Å². The van der Waals surface area contributed by atoms with Crippen molar-refractivity contribution in [1.82, 2.24) is 0 Å². The maximum absolute atomic E-state index is 3.74. The van der Waals surface area contributed by atoms with E-state index in [4.69, 9.17) is 0 Å². The zero-order valence-corrected chi connectivity index (χ0v) is 14.1. The van der Waals surface area contributed by atoms with E-state index in [0.29, 0.717) is 0 Å². The molecule has 0 aliphatic carbocycles. The lowest BCUT2D eigenvalue weighted by Crippen LogP contribution is -1.91. The van der Waals surface area contributed by atoms with Crippen LogP contribution < -0.4 is 0 Å². The van der Waals surface area contributed by atoms with Crippen molar-refractivity contribution in [3.8, 4) is 0 Å². The standard InChI is InChI=1S/C12H9Br3S/c1-7-2-4-8(5-3-7)11(14)9-6-10(13)16-12(9)15/h2-6,11H,1H3. The minimum atomic E-state index is 0.241. The Hall–Kier alpha value is 0.360. The van der Waals surface area contributed by atoms with Crippen molar-refractivity contribution in [1.29, 1.82) is 0 Å². The lowest BCUT2D eigenvalue weighted by atomic mass is 10.1. The van der Waals surface area contributed by atoms with Gasteiger partial charge >= 0.3 is 0 Å². The fraction of sp³-hybridized carbons (Fsp3) is 0.167. The van der Waals surface area contributed by atoms with Crippen LogP contribution in [0.15, 0.2) is 37.9 Å². The molecular weight excluding hydrogens is 416 g/mol. The zero-order valence-electron chi connectivity index (χ0n) is 8.51. The summed E-state index contributed by atoms with van der Waals surface area (Å²) in [6, 6.07) is 10.7. The molecule has 0 spiro atoms. The van der Waals surface area contributed by atoms with Crippen LogP contribution >= 0.6 is 59.1 Å². The Balaban J connectivity index is 2.35. The van der Waals surface area contributed by atoms with Crippen LogP contribution in [0.3, 0.4) is 0 Å². The quantitative estimate of drug-likeness (QED) is 0.513. The van der Waals surface area contributed by atoms with E-state index >= 15 is 0 Å². The van der Waals surface area contributed by atoms with Gasteiger partial charge in [-0.3, -0.25) is 0 Å². The molecule has 2 aromatic rings. The zero-order chi connectivity index (χ0) is 11.7. The Morgan fingerprint density at radius 2 is 1.75 bits per heavy atom. The van der Waals surface area contributed by atoms with Gasteiger partial charge in [0.25, 0.3) is 0 Å². The first-order chi connectivity index (χ1) is 7.58. The second-order valence-corrected chi connectivity index (χ2v) is 8.22. The summed E-state index contributed by atoms with van der Waals surface area (Å²) in [5.74, 6) is 0. The number of hydrogen-bond acceptors (Lipinski definition) is 1. The van der Waals surface area contributed by atoms with E-state index in [2.05, 4.69) is 85.0 Å². The second-order valence-electron chi connectivity index (χ2n) is 3.55. The van der Waals surface area contributed by atoms with Crippen LogP contribution in [0.5, 0.6) is 0 Å². The summed E-state index contributed by atoms with van der Waals surface area (Å²) in [4.78, 5) is 0.241. The van der Waals surface area contributed by atoms with Gasteiger partial charge in [0.2, 0.25) is 0 Å². The van der Waals surface area contributed by atoms with Gasteiger partial charge in [0.1, 0.15) is 0 Å². The molecule has 0 saturated carbocycles. The average molecular weight is 425 g/mol. The maximum atomic E-state index is 3.74. The predicted molar refractivity (Wildman–Crippen MR) is 81.7 cm³/mol. The highest BCUT2D eigenvalue weighted by Crippen LogP contribution is 2.41. The van der Waals surface area contributed by atoms with Crippen LogP contribution in [0.1, 0.15) is 21.5 Å². The van der Waals surface area contributed by atoms with Gasteiger partial charge in [-0.25, -0.2) is 0 Å². The van der Waals surface area contributed by atoms with Gasteiger partial charge in [-0.15, -0.1) is 11.3 Å². The Bertz CT molecular complexity index is 487. The van der Waals surface area contributed by atoms with Gasteiger partial charge in [0.05, 0.1) is 12.4 Å². The third kappa shape index (κ3) is 2.78. The van der Waals surface area contributed by atoms with Gasteiger partial charge in [0.15, 0.2) is 0 Å². The third-order valence-corrected chi connectivity index (χ3v) is 5.73. The summed E-state index contributed by atoms with van der Waals surface area (Å²) in [5, 5.41) is 0. The van der Waals surface area contributed by atoms with Crippen molar-refractivity contribution < 1.29 is 0 Å².